The van der Waals surface area contributed by atoms with Gasteiger partial charge in [0.1, 0.15) is 0 Å². The molecule has 0 fully saturated rings. The van der Waals surface area contributed by atoms with E-state index in [1.54, 1.807) is 0 Å². The summed E-state index contributed by atoms with van der Waals surface area (Å²) >= 11 is 0. The minimum atomic E-state index is -0.833. The molecule has 94 valence electrons. The maximum Gasteiger partial charge on any atom is 0.300 e. The van der Waals surface area contributed by atoms with E-state index >= 15 is 0 Å². The third-order valence-electron chi connectivity index (χ3n) is 2.66. The summed E-state index contributed by atoms with van der Waals surface area (Å²) in [6.07, 6.45) is 19.0. The highest BCUT2D eigenvalue weighted by molar-refractivity contribution is 5.62. The Morgan fingerprint density at radius 2 is 1.06 bits per heavy atom. The van der Waals surface area contributed by atoms with Crippen LogP contribution in [-0.4, -0.2) is 11.1 Å². The molecule has 0 aromatic carbocycles. The minimum absolute atomic E-state index is 0.833. The minimum Gasteiger partial charge on any atom is -0.481 e. The van der Waals surface area contributed by atoms with Gasteiger partial charge >= 0.3 is 0 Å². The van der Waals surface area contributed by atoms with Crippen LogP contribution in [0.25, 0.3) is 0 Å². The quantitative estimate of drug-likeness (QED) is 0.615. The highest BCUT2D eigenvalue weighted by Crippen LogP contribution is 2.12. The maximum atomic E-state index is 9.00. The lowest BCUT2D eigenvalue weighted by atomic mass is 10.0. The molecule has 16 heavy (non-hydrogen) atoms. The third-order valence-corrected chi connectivity index (χ3v) is 2.66. The lowest BCUT2D eigenvalue weighted by molar-refractivity contribution is -0.134. The smallest absolute Gasteiger partial charge is 0.300 e. The molecule has 0 saturated heterocycles. The van der Waals surface area contributed by atoms with E-state index in [1.165, 1.54) is 64.2 Å². The Balaban J connectivity index is 0.000000487. The molecule has 1 rings (SSSR count). The van der Waals surface area contributed by atoms with Crippen LogP contribution in [0.3, 0.4) is 0 Å². The van der Waals surface area contributed by atoms with Gasteiger partial charge in [0, 0.05) is 6.92 Å². The van der Waals surface area contributed by atoms with Crippen molar-refractivity contribution in [3.8, 4) is 0 Å². The second-order valence-electron chi connectivity index (χ2n) is 4.40. The van der Waals surface area contributed by atoms with Gasteiger partial charge in [0.2, 0.25) is 0 Å². The lowest BCUT2D eigenvalue weighted by Crippen LogP contribution is -1.82. The van der Waals surface area contributed by atoms with E-state index in [9.17, 15) is 0 Å². The van der Waals surface area contributed by atoms with Crippen molar-refractivity contribution in [1.29, 1.82) is 0 Å². The zero-order chi connectivity index (χ0) is 12.1. The molecule has 0 amide bonds. The van der Waals surface area contributed by atoms with Crippen LogP contribution in [-0.2, 0) is 4.79 Å². The van der Waals surface area contributed by atoms with Crippen LogP contribution in [0.5, 0.6) is 0 Å². The Morgan fingerprint density at radius 1 is 0.812 bits per heavy atom. The summed E-state index contributed by atoms with van der Waals surface area (Å²) in [7, 11) is 0. The van der Waals surface area contributed by atoms with Crippen LogP contribution in [0.1, 0.15) is 71.1 Å². The zero-order valence-corrected chi connectivity index (χ0v) is 10.6. The average Bonchev–Trinajstić information content (AvgIpc) is 2.17. The number of carbonyl (C=O) groups is 1. The van der Waals surface area contributed by atoms with Crippen molar-refractivity contribution in [2.24, 2.45) is 0 Å². The summed E-state index contributed by atoms with van der Waals surface area (Å²) in [5, 5.41) is 7.42. The van der Waals surface area contributed by atoms with Gasteiger partial charge in [-0.05, 0) is 25.7 Å². The molecule has 0 heterocycles. The third kappa shape index (κ3) is 15.7. The van der Waals surface area contributed by atoms with Crippen molar-refractivity contribution in [3.05, 3.63) is 12.2 Å². The van der Waals surface area contributed by atoms with Crippen LogP contribution >= 0.6 is 0 Å². The fourth-order valence-electron chi connectivity index (χ4n) is 1.82. The van der Waals surface area contributed by atoms with Crippen molar-refractivity contribution in [3.63, 3.8) is 0 Å². The zero-order valence-electron chi connectivity index (χ0n) is 10.6. The van der Waals surface area contributed by atoms with Crippen molar-refractivity contribution in [2.45, 2.75) is 71.1 Å². The lowest BCUT2D eigenvalue weighted by Gasteiger charge is -2.02. The molecule has 1 N–H and O–H groups in total. The van der Waals surface area contributed by atoms with Gasteiger partial charge in [-0.1, -0.05) is 50.7 Å². The molecule has 0 unspecified atom stereocenters. The van der Waals surface area contributed by atoms with Crippen molar-refractivity contribution < 1.29 is 9.90 Å². The second kappa shape index (κ2) is 12.3. The predicted octanol–water partition coefficient (Wildman–Crippen LogP) is 4.55. The van der Waals surface area contributed by atoms with E-state index in [0.717, 1.165) is 6.92 Å². The first kappa shape index (κ1) is 15.2. The molecular formula is C14H26O2. The summed E-state index contributed by atoms with van der Waals surface area (Å²) in [6, 6.07) is 0. The summed E-state index contributed by atoms with van der Waals surface area (Å²) in [5.74, 6) is -0.833. The average molecular weight is 226 g/mol. The van der Waals surface area contributed by atoms with Gasteiger partial charge in [0.05, 0.1) is 0 Å². The number of hydrogen-bond donors (Lipinski definition) is 1. The number of hydrogen-bond acceptors (Lipinski definition) is 1. The fourth-order valence-corrected chi connectivity index (χ4v) is 1.82. The largest absolute Gasteiger partial charge is 0.481 e. The Hall–Kier alpha value is -0.790. The maximum absolute atomic E-state index is 9.00. The van der Waals surface area contributed by atoms with Crippen LogP contribution in [0, 0.1) is 0 Å². The molecule has 0 saturated carbocycles. The van der Waals surface area contributed by atoms with Crippen LogP contribution in [0.15, 0.2) is 12.2 Å². The number of allylic oxidation sites excluding steroid dienone is 2. The fraction of sp³-hybridized carbons (Fsp3) is 0.786. The standard InChI is InChI=1S/C12H22.C2H4O2/c1-2-4-6-8-10-12-11-9-7-5-3-1;1-2(3)4/h1-2H,3-12H2;1H3,(H,3,4). The number of aliphatic carboxylic acids is 1. The van der Waals surface area contributed by atoms with E-state index in [-0.39, 0.29) is 0 Å². The molecule has 0 aliphatic heterocycles. The molecule has 0 radical (unpaired) electrons. The first-order chi connectivity index (χ1) is 7.73. The Labute approximate surface area is 99.7 Å². The van der Waals surface area contributed by atoms with Crippen LogP contribution in [0.4, 0.5) is 0 Å². The van der Waals surface area contributed by atoms with Gasteiger partial charge in [-0.2, -0.15) is 0 Å². The monoisotopic (exact) mass is 226 g/mol. The number of carboxylic acid groups (broad SMARTS) is 1. The van der Waals surface area contributed by atoms with Gasteiger partial charge in [-0.3, -0.25) is 4.79 Å². The summed E-state index contributed by atoms with van der Waals surface area (Å²) < 4.78 is 0. The van der Waals surface area contributed by atoms with Gasteiger partial charge in [0.15, 0.2) is 0 Å². The summed E-state index contributed by atoms with van der Waals surface area (Å²) in [6.45, 7) is 1.08. The molecule has 0 aromatic heterocycles. The number of carboxylic acids is 1. The molecule has 1 aliphatic rings. The van der Waals surface area contributed by atoms with E-state index in [1.807, 2.05) is 0 Å². The highest BCUT2D eigenvalue weighted by atomic mass is 16.4. The Morgan fingerprint density at radius 3 is 1.38 bits per heavy atom. The van der Waals surface area contributed by atoms with Crippen LogP contribution in [0.2, 0.25) is 0 Å². The van der Waals surface area contributed by atoms with Crippen LogP contribution < -0.4 is 0 Å². The molecule has 0 aromatic rings. The Kier molecular flexibility index (Phi) is 11.7. The normalized spacial score (nSPS) is 18.6. The first-order valence-electron chi connectivity index (χ1n) is 6.58. The molecular weight excluding hydrogens is 200 g/mol. The molecule has 0 spiro atoms. The van der Waals surface area contributed by atoms with Crippen molar-refractivity contribution >= 4 is 5.97 Å². The van der Waals surface area contributed by atoms with Crippen molar-refractivity contribution in [1.82, 2.24) is 0 Å². The van der Waals surface area contributed by atoms with Gasteiger partial charge < -0.3 is 5.11 Å². The summed E-state index contributed by atoms with van der Waals surface area (Å²) in [5.41, 5.74) is 0. The highest BCUT2D eigenvalue weighted by Gasteiger charge is 1.92. The number of rotatable bonds is 0. The molecule has 0 bridgehead atoms. The van der Waals surface area contributed by atoms with E-state index in [4.69, 9.17) is 9.90 Å². The predicted molar refractivity (Wildman–Crippen MR) is 68.6 cm³/mol. The van der Waals surface area contributed by atoms with Gasteiger partial charge in [-0.25, -0.2) is 0 Å². The SMILES string of the molecule is C1=CCCCCCCCCCC1.CC(=O)O. The molecule has 1 aliphatic carbocycles. The van der Waals surface area contributed by atoms with Crippen molar-refractivity contribution in [2.75, 3.05) is 0 Å². The first-order valence-corrected chi connectivity index (χ1v) is 6.58. The molecule has 2 nitrogen and oxygen atoms in total. The molecule has 2 heteroatoms. The van der Waals surface area contributed by atoms with Gasteiger partial charge in [-0.15, -0.1) is 0 Å². The summed E-state index contributed by atoms with van der Waals surface area (Å²) in [4.78, 5) is 9.00. The topological polar surface area (TPSA) is 37.3 Å². The molecule has 0 atom stereocenters. The Bertz CT molecular complexity index is 167. The van der Waals surface area contributed by atoms with Gasteiger partial charge in [0.25, 0.3) is 5.97 Å². The van der Waals surface area contributed by atoms with E-state index < -0.39 is 5.97 Å². The second-order valence-corrected chi connectivity index (χ2v) is 4.40. The van der Waals surface area contributed by atoms with E-state index in [2.05, 4.69) is 12.2 Å². The van der Waals surface area contributed by atoms with E-state index in [0.29, 0.717) is 0 Å².